The molecule has 1 aliphatic rings. The number of hydrogen-bond donors (Lipinski definition) is 1. The Morgan fingerprint density at radius 2 is 1.81 bits per heavy atom. The van der Waals surface area contributed by atoms with Gasteiger partial charge < -0.3 is 5.32 Å². The van der Waals surface area contributed by atoms with Crippen molar-refractivity contribution >= 4 is 11.7 Å². The SMILES string of the molecule is CC(=O)c1c(C)nn(CCC(=O)NC[C@]2(c3ccccc3)CC2(C)C)c1C. The van der Waals surface area contributed by atoms with Crippen LogP contribution in [0.2, 0.25) is 0 Å². The second-order valence-corrected chi connectivity index (χ2v) is 8.36. The van der Waals surface area contributed by atoms with Gasteiger partial charge in [-0.2, -0.15) is 5.10 Å². The molecule has 0 unspecified atom stereocenters. The lowest BCUT2D eigenvalue weighted by Gasteiger charge is -2.22. The summed E-state index contributed by atoms with van der Waals surface area (Å²) >= 11 is 0. The van der Waals surface area contributed by atoms with Crippen LogP contribution in [0.4, 0.5) is 0 Å². The van der Waals surface area contributed by atoms with Gasteiger partial charge in [-0.1, -0.05) is 44.2 Å². The molecule has 1 heterocycles. The van der Waals surface area contributed by atoms with Gasteiger partial charge in [0.1, 0.15) is 0 Å². The first-order valence-electron chi connectivity index (χ1n) is 9.55. The molecule has 0 bridgehead atoms. The van der Waals surface area contributed by atoms with Gasteiger partial charge in [-0.05, 0) is 38.2 Å². The van der Waals surface area contributed by atoms with Crippen LogP contribution in [-0.4, -0.2) is 28.0 Å². The molecule has 3 rings (SSSR count). The number of nitrogens with zero attached hydrogens (tertiary/aromatic N) is 2. The zero-order chi connectivity index (χ0) is 19.8. The van der Waals surface area contributed by atoms with Crippen LogP contribution in [0.1, 0.15) is 60.9 Å². The molecule has 5 nitrogen and oxygen atoms in total. The highest BCUT2D eigenvalue weighted by molar-refractivity contribution is 5.96. The third kappa shape index (κ3) is 3.55. The first-order chi connectivity index (χ1) is 12.7. The Hall–Kier alpha value is -2.43. The number of carbonyl (C=O) groups excluding carboxylic acids is 2. The van der Waals surface area contributed by atoms with Gasteiger partial charge in [-0.3, -0.25) is 14.3 Å². The average Bonchev–Trinajstić information content (AvgIpc) is 3.06. The van der Waals surface area contributed by atoms with Gasteiger partial charge in [0.15, 0.2) is 5.78 Å². The van der Waals surface area contributed by atoms with Crippen LogP contribution < -0.4 is 5.32 Å². The lowest BCUT2D eigenvalue weighted by Crippen LogP contribution is -2.35. The van der Waals surface area contributed by atoms with E-state index in [-0.39, 0.29) is 22.5 Å². The molecule has 27 heavy (non-hydrogen) atoms. The van der Waals surface area contributed by atoms with Crippen molar-refractivity contribution in [2.75, 3.05) is 6.54 Å². The molecular formula is C22H29N3O2. The number of Topliss-reactive ketones (excluding diaryl/α,β-unsaturated/α-hetero) is 1. The minimum Gasteiger partial charge on any atom is -0.355 e. The molecule has 1 aromatic heterocycles. The van der Waals surface area contributed by atoms with Crippen LogP contribution in [0.3, 0.4) is 0 Å². The molecule has 5 heteroatoms. The van der Waals surface area contributed by atoms with E-state index in [9.17, 15) is 9.59 Å². The molecule has 1 saturated carbocycles. The largest absolute Gasteiger partial charge is 0.355 e. The third-order valence-corrected chi connectivity index (χ3v) is 6.11. The predicted molar refractivity (Wildman–Crippen MR) is 106 cm³/mol. The smallest absolute Gasteiger partial charge is 0.221 e. The second-order valence-electron chi connectivity index (χ2n) is 8.36. The summed E-state index contributed by atoms with van der Waals surface area (Å²) in [6.07, 6.45) is 1.42. The Morgan fingerprint density at radius 3 is 2.33 bits per heavy atom. The highest BCUT2D eigenvalue weighted by atomic mass is 16.1. The fraction of sp³-hybridized carbons (Fsp3) is 0.500. The number of nitrogens with one attached hydrogen (secondary N) is 1. The number of carbonyl (C=O) groups is 2. The van der Waals surface area contributed by atoms with E-state index in [1.165, 1.54) is 5.56 Å². The van der Waals surface area contributed by atoms with Crippen LogP contribution in [-0.2, 0) is 16.8 Å². The summed E-state index contributed by atoms with van der Waals surface area (Å²) < 4.78 is 1.76. The zero-order valence-electron chi connectivity index (χ0n) is 16.9. The maximum Gasteiger partial charge on any atom is 0.221 e. The Balaban J connectivity index is 1.61. The molecule has 1 N–H and O–H groups in total. The quantitative estimate of drug-likeness (QED) is 0.761. The topological polar surface area (TPSA) is 64.0 Å². The molecule has 1 aromatic carbocycles. The Labute approximate surface area is 161 Å². The molecule has 0 aliphatic heterocycles. The maximum atomic E-state index is 12.5. The van der Waals surface area contributed by atoms with Crippen molar-refractivity contribution in [3.05, 3.63) is 52.8 Å². The van der Waals surface area contributed by atoms with Crippen LogP contribution >= 0.6 is 0 Å². The average molecular weight is 367 g/mol. The maximum absolute atomic E-state index is 12.5. The van der Waals surface area contributed by atoms with Crippen molar-refractivity contribution in [1.82, 2.24) is 15.1 Å². The summed E-state index contributed by atoms with van der Waals surface area (Å²) in [7, 11) is 0. The van der Waals surface area contributed by atoms with E-state index < -0.39 is 0 Å². The van der Waals surface area contributed by atoms with E-state index in [1.807, 2.05) is 19.9 Å². The lowest BCUT2D eigenvalue weighted by molar-refractivity contribution is -0.121. The van der Waals surface area contributed by atoms with Gasteiger partial charge in [-0.25, -0.2) is 0 Å². The predicted octanol–water partition coefficient (Wildman–Crippen LogP) is 3.58. The van der Waals surface area contributed by atoms with Gasteiger partial charge >= 0.3 is 0 Å². The minimum atomic E-state index is 0.0152. The number of benzene rings is 1. The van der Waals surface area contributed by atoms with Crippen LogP contribution in [0.15, 0.2) is 30.3 Å². The molecular weight excluding hydrogens is 338 g/mol. The van der Waals surface area contributed by atoms with E-state index >= 15 is 0 Å². The molecule has 144 valence electrons. The third-order valence-electron chi connectivity index (χ3n) is 6.11. The second kappa shape index (κ2) is 6.95. The van der Waals surface area contributed by atoms with Gasteiger partial charge in [0.05, 0.1) is 11.3 Å². The van der Waals surface area contributed by atoms with E-state index in [1.54, 1.807) is 11.6 Å². The molecule has 0 saturated heterocycles. The van der Waals surface area contributed by atoms with Crippen molar-refractivity contribution in [3.63, 3.8) is 0 Å². The molecule has 0 spiro atoms. The lowest BCUT2D eigenvalue weighted by atomic mass is 9.88. The zero-order valence-corrected chi connectivity index (χ0v) is 16.9. The van der Waals surface area contributed by atoms with Crippen molar-refractivity contribution < 1.29 is 9.59 Å². The summed E-state index contributed by atoms with van der Waals surface area (Å²) in [6, 6.07) is 10.4. The molecule has 1 atom stereocenters. The van der Waals surface area contributed by atoms with E-state index in [0.717, 1.165) is 17.8 Å². The molecule has 0 radical (unpaired) electrons. The van der Waals surface area contributed by atoms with Gasteiger partial charge in [0.2, 0.25) is 5.91 Å². The summed E-state index contributed by atoms with van der Waals surface area (Å²) in [4.78, 5) is 24.2. The summed E-state index contributed by atoms with van der Waals surface area (Å²) in [5.74, 6) is 0.0337. The fourth-order valence-electron chi connectivity index (χ4n) is 4.33. The summed E-state index contributed by atoms with van der Waals surface area (Å²) in [5, 5.41) is 7.54. The van der Waals surface area contributed by atoms with E-state index in [4.69, 9.17) is 0 Å². The highest BCUT2D eigenvalue weighted by Gasteiger charge is 2.61. The Kier molecular flexibility index (Phi) is 4.98. The van der Waals surface area contributed by atoms with Crippen LogP contribution in [0, 0.1) is 19.3 Å². The molecule has 2 aromatic rings. The van der Waals surface area contributed by atoms with Crippen molar-refractivity contribution in [3.8, 4) is 0 Å². The monoisotopic (exact) mass is 367 g/mol. The fourth-order valence-corrected chi connectivity index (χ4v) is 4.33. The summed E-state index contributed by atoms with van der Waals surface area (Å²) in [5.41, 5.74) is 3.72. The summed E-state index contributed by atoms with van der Waals surface area (Å²) in [6.45, 7) is 10.9. The molecule has 1 fully saturated rings. The first kappa shape index (κ1) is 19.3. The highest BCUT2D eigenvalue weighted by Crippen LogP contribution is 2.63. The Bertz CT molecular complexity index is 867. The van der Waals surface area contributed by atoms with E-state index in [0.29, 0.717) is 25.1 Å². The van der Waals surface area contributed by atoms with Gasteiger partial charge in [-0.15, -0.1) is 0 Å². The first-order valence-corrected chi connectivity index (χ1v) is 9.55. The van der Waals surface area contributed by atoms with Crippen molar-refractivity contribution in [1.29, 1.82) is 0 Å². The minimum absolute atomic E-state index is 0.0152. The standard InChI is InChI=1S/C22H29N3O2/c1-15-20(17(3)26)16(2)25(24-15)12-11-19(27)23-14-22(13-21(22,4)5)18-9-7-6-8-10-18/h6-10H,11-14H2,1-5H3,(H,23,27)/t22-/m0/s1. The number of aryl methyl sites for hydroxylation is 2. The Morgan fingerprint density at radius 1 is 1.19 bits per heavy atom. The number of ketones is 1. The van der Waals surface area contributed by atoms with E-state index in [2.05, 4.69) is 48.5 Å². The number of aromatic nitrogens is 2. The van der Waals surface area contributed by atoms with Crippen molar-refractivity contribution in [2.45, 2.75) is 59.4 Å². The molecule has 1 amide bonds. The van der Waals surface area contributed by atoms with Crippen molar-refractivity contribution in [2.24, 2.45) is 5.41 Å². The van der Waals surface area contributed by atoms with Crippen LogP contribution in [0.5, 0.6) is 0 Å². The normalized spacial score (nSPS) is 20.3. The van der Waals surface area contributed by atoms with Gasteiger partial charge in [0, 0.05) is 30.6 Å². The van der Waals surface area contributed by atoms with Gasteiger partial charge in [0.25, 0.3) is 0 Å². The molecule has 1 aliphatic carbocycles. The van der Waals surface area contributed by atoms with Crippen LogP contribution in [0.25, 0.3) is 0 Å². The number of hydrogen-bond acceptors (Lipinski definition) is 3. The number of amides is 1. The number of rotatable bonds is 7.